The lowest BCUT2D eigenvalue weighted by Gasteiger charge is -2.12. The summed E-state index contributed by atoms with van der Waals surface area (Å²) in [6.07, 6.45) is 3.91. The van der Waals surface area contributed by atoms with Crippen LogP contribution in [0.4, 0.5) is 5.69 Å². The van der Waals surface area contributed by atoms with Crippen molar-refractivity contribution in [3.8, 4) is 11.1 Å². The van der Waals surface area contributed by atoms with Crippen LogP contribution in [0.15, 0.2) is 55.1 Å². The average Bonchev–Trinajstić information content (AvgIpc) is 2.55. The molecule has 3 nitrogen and oxygen atoms in total. The lowest BCUT2D eigenvalue weighted by molar-refractivity contribution is -0.116. The van der Waals surface area contributed by atoms with E-state index in [0.717, 1.165) is 29.5 Å². The molecule has 1 amide bonds. The van der Waals surface area contributed by atoms with Gasteiger partial charge in [-0.25, -0.2) is 0 Å². The second-order valence-electron chi connectivity index (χ2n) is 5.81. The van der Waals surface area contributed by atoms with Crippen LogP contribution in [0.5, 0.6) is 0 Å². The lowest BCUT2D eigenvalue weighted by atomic mass is 9.95. The van der Waals surface area contributed by atoms with Crippen molar-refractivity contribution in [2.45, 2.75) is 33.1 Å². The first-order chi connectivity index (χ1) is 11.5. The number of carbonyl (C=O) groups excluding carboxylic acids is 2. The fraction of sp³-hybridized carbons (Fsp3) is 0.238. The number of rotatable bonds is 7. The fourth-order valence-electron chi connectivity index (χ4n) is 2.65. The van der Waals surface area contributed by atoms with Crippen molar-refractivity contribution in [3.05, 3.63) is 66.2 Å². The van der Waals surface area contributed by atoms with E-state index in [1.165, 1.54) is 0 Å². The zero-order valence-corrected chi connectivity index (χ0v) is 14.3. The highest BCUT2D eigenvalue weighted by Gasteiger charge is 2.12. The first kappa shape index (κ1) is 17.7. The third-order valence-corrected chi connectivity index (χ3v) is 3.78. The van der Waals surface area contributed by atoms with Gasteiger partial charge in [-0.3, -0.25) is 9.59 Å². The van der Waals surface area contributed by atoms with Crippen LogP contribution in [0, 0.1) is 0 Å². The van der Waals surface area contributed by atoms with Gasteiger partial charge in [0.25, 0.3) is 0 Å². The number of ketones is 1. The Kier molecular flexibility index (Phi) is 6.07. The highest BCUT2D eigenvalue weighted by atomic mass is 16.1. The summed E-state index contributed by atoms with van der Waals surface area (Å²) in [5.74, 6) is -0.0570. The first-order valence-electron chi connectivity index (χ1n) is 8.20. The summed E-state index contributed by atoms with van der Waals surface area (Å²) >= 11 is 0. The minimum atomic E-state index is -0.0345. The highest BCUT2D eigenvalue weighted by molar-refractivity contribution is 6.03. The Balaban J connectivity index is 2.40. The standard InChI is InChI=1S/C21H23NO2/c1-4-7-16-9-6-10-17(13-16)19-12-11-18(14-20(19)15(3)23)22-21(24)8-5-2/h4,6,9-14H,1,5,7-8H2,2-3H3,(H,22,24). The predicted molar refractivity (Wildman–Crippen MR) is 99.3 cm³/mol. The van der Waals surface area contributed by atoms with E-state index < -0.39 is 0 Å². The molecule has 0 atom stereocenters. The molecule has 124 valence electrons. The van der Waals surface area contributed by atoms with Crippen molar-refractivity contribution in [3.63, 3.8) is 0 Å². The summed E-state index contributed by atoms with van der Waals surface area (Å²) in [7, 11) is 0. The molecule has 0 bridgehead atoms. The number of allylic oxidation sites excluding steroid dienone is 1. The zero-order chi connectivity index (χ0) is 17.5. The number of amides is 1. The second kappa shape index (κ2) is 8.25. The van der Waals surface area contributed by atoms with Gasteiger partial charge in [-0.2, -0.15) is 0 Å². The van der Waals surface area contributed by atoms with E-state index in [-0.39, 0.29) is 11.7 Å². The van der Waals surface area contributed by atoms with Gasteiger partial charge in [0.1, 0.15) is 0 Å². The number of Topliss-reactive ketones (excluding diaryl/α,β-unsaturated/α-hetero) is 1. The normalized spacial score (nSPS) is 10.2. The smallest absolute Gasteiger partial charge is 0.224 e. The first-order valence-corrected chi connectivity index (χ1v) is 8.20. The van der Waals surface area contributed by atoms with Gasteiger partial charge in [0.15, 0.2) is 5.78 Å². The molecule has 0 unspecified atom stereocenters. The van der Waals surface area contributed by atoms with E-state index in [4.69, 9.17) is 0 Å². The van der Waals surface area contributed by atoms with Crippen LogP contribution >= 0.6 is 0 Å². The predicted octanol–water partition coefficient (Wildman–Crippen LogP) is 5.02. The van der Waals surface area contributed by atoms with Crippen molar-refractivity contribution in [1.29, 1.82) is 0 Å². The van der Waals surface area contributed by atoms with Gasteiger partial charge in [-0.15, -0.1) is 6.58 Å². The molecule has 0 aliphatic rings. The Hall–Kier alpha value is -2.68. The van der Waals surface area contributed by atoms with Gasteiger partial charge in [-0.05, 0) is 48.6 Å². The second-order valence-corrected chi connectivity index (χ2v) is 5.81. The Bertz CT molecular complexity index is 762. The van der Waals surface area contributed by atoms with Gasteiger partial charge in [0.05, 0.1) is 0 Å². The summed E-state index contributed by atoms with van der Waals surface area (Å²) < 4.78 is 0. The molecular weight excluding hydrogens is 298 g/mol. The Morgan fingerprint density at radius 2 is 1.96 bits per heavy atom. The SMILES string of the molecule is C=CCc1cccc(-c2ccc(NC(=O)CCC)cc2C(C)=O)c1. The molecule has 0 saturated carbocycles. The monoisotopic (exact) mass is 321 g/mol. The maximum absolute atomic E-state index is 12.1. The number of hydrogen-bond donors (Lipinski definition) is 1. The van der Waals surface area contributed by atoms with Gasteiger partial charge in [0.2, 0.25) is 5.91 Å². The summed E-state index contributed by atoms with van der Waals surface area (Å²) in [6.45, 7) is 7.27. The van der Waals surface area contributed by atoms with E-state index in [0.29, 0.717) is 17.7 Å². The van der Waals surface area contributed by atoms with Gasteiger partial charge < -0.3 is 5.32 Å². The molecule has 0 fully saturated rings. The molecule has 2 rings (SSSR count). The van der Waals surface area contributed by atoms with E-state index in [9.17, 15) is 9.59 Å². The molecule has 0 spiro atoms. The third kappa shape index (κ3) is 4.42. The van der Waals surface area contributed by atoms with E-state index in [1.807, 2.05) is 43.3 Å². The van der Waals surface area contributed by atoms with Crippen LogP contribution in [-0.4, -0.2) is 11.7 Å². The summed E-state index contributed by atoms with van der Waals surface area (Å²) in [4.78, 5) is 23.8. The lowest BCUT2D eigenvalue weighted by Crippen LogP contribution is -2.11. The highest BCUT2D eigenvalue weighted by Crippen LogP contribution is 2.28. The summed E-state index contributed by atoms with van der Waals surface area (Å²) in [5, 5.41) is 2.84. The maximum Gasteiger partial charge on any atom is 0.224 e. The van der Waals surface area contributed by atoms with Crippen LogP contribution in [0.25, 0.3) is 11.1 Å². The molecule has 0 heterocycles. The van der Waals surface area contributed by atoms with Crippen molar-refractivity contribution in [2.75, 3.05) is 5.32 Å². The van der Waals surface area contributed by atoms with Gasteiger partial charge in [-0.1, -0.05) is 43.3 Å². The van der Waals surface area contributed by atoms with Crippen LogP contribution in [0.3, 0.4) is 0 Å². The topological polar surface area (TPSA) is 46.2 Å². The van der Waals surface area contributed by atoms with E-state index >= 15 is 0 Å². The molecule has 2 aromatic carbocycles. The third-order valence-electron chi connectivity index (χ3n) is 3.78. The summed E-state index contributed by atoms with van der Waals surface area (Å²) in [6, 6.07) is 13.6. The number of nitrogens with one attached hydrogen (secondary N) is 1. The summed E-state index contributed by atoms with van der Waals surface area (Å²) in [5.41, 5.74) is 4.29. The van der Waals surface area contributed by atoms with E-state index in [1.54, 1.807) is 13.0 Å². The maximum atomic E-state index is 12.1. The Labute approximate surface area is 143 Å². The molecule has 24 heavy (non-hydrogen) atoms. The van der Waals surface area contributed by atoms with Crippen molar-refractivity contribution < 1.29 is 9.59 Å². The zero-order valence-electron chi connectivity index (χ0n) is 14.3. The molecule has 0 aliphatic heterocycles. The van der Waals surface area contributed by atoms with Gasteiger partial charge in [0, 0.05) is 17.7 Å². The average molecular weight is 321 g/mol. The van der Waals surface area contributed by atoms with Gasteiger partial charge >= 0.3 is 0 Å². The Morgan fingerprint density at radius 3 is 2.62 bits per heavy atom. The molecule has 0 saturated heterocycles. The number of anilines is 1. The minimum Gasteiger partial charge on any atom is -0.326 e. The largest absolute Gasteiger partial charge is 0.326 e. The van der Waals surface area contributed by atoms with Crippen molar-refractivity contribution in [2.24, 2.45) is 0 Å². The number of carbonyl (C=O) groups is 2. The molecule has 3 heteroatoms. The number of benzene rings is 2. The molecule has 2 aromatic rings. The minimum absolute atomic E-state index is 0.0225. The Morgan fingerprint density at radius 1 is 1.17 bits per heavy atom. The molecule has 0 radical (unpaired) electrons. The number of hydrogen-bond acceptors (Lipinski definition) is 2. The molecule has 0 aliphatic carbocycles. The molecular formula is C21H23NO2. The van der Waals surface area contributed by atoms with Crippen LogP contribution in [0.2, 0.25) is 0 Å². The fourth-order valence-corrected chi connectivity index (χ4v) is 2.65. The quantitative estimate of drug-likeness (QED) is 0.574. The molecule has 0 aromatic heterocycles. The van der Waals surface area contributed by atoms with Crippen LogP contribution in [0.1, 0.15) is 42.6 Å². The van der Waals surface area contributed by atoms with E-state index in [2.05, 4.69) is 18.0 Å². The van der Waals surface area contributed by atoms with Crippen molar-refractivity contribution >= 4 is 17.4 Å². The van der Waals surface area contributed by atoms with Crippen LogP contribution < -0.4 is 5.32 Å². The van der Waals surface area contributed by atoms with Crippen LogP contribution in [-0.2, 0) is 11.2 Å². The van der Waals surface area contributed by atoms with Crippen molar-refractivity contribution in [1.82, 2.24) is 0 Å². The molecule has 1 N–H and O–H groups in total.